The molecule has 206 valence electrons. The number of quaternary nitrogens is 1. The molecule has 34 heavy (non-hydrogen) atoms. The molecule has 0 radical (unpaired) electrons. The summed E-state index contributed by atoms with van der Waals surface area (Å²) in [6, 6.07) is 0. The second-order valence-electron chi connectivity index (χ2n) is 10.5. The summed E-state index contributed by atoms with van der Waals surface area (Å²) in [5.74, 6) is 0. The first-order chi connectivity index (χ1) is 15.8. The highest BCUT2D eigenvalue weighted by molar-refractivity contribution is 4.88. The Morgan fingerprint density at radius 2 is 1.15 bits per heavy atom. The normalized spacial score (nSPS) is 25.3. The minimum Gasteiger partial charge on any atom is -1.00 e. The standard InChI is InChI=1S/C26H54NO6.BrH/c1-4-5-6-7-8-9-10-11-12-13-14-15-16-17-18-27(2,3)19-20-32-26-25(31)24(30)23(29)22(21-28)33-26;/h22-26,28-31H,4-21H2,1-3H3;1H/q+1;/p-1. The molecular formula is C26H54BrNO6. The van der Waals surface area contributed by atoms with E-state index >= 15 is 0 Å². The van der Waals surface area contributed by atoms with Crippen molar-refractivity contribution in [3.8, 4) is 0 Å². The zero-order chi connectivity index (χ0) is 24.5. The molecule has 0 aromatic carbocycles. The number of hydrogen-bond acceptors (Lipinski definition) is 6. The number of halogens is 1. The van der Waals surface area contributed by atoms with Crippen LogP contribution in [-0.4, -0.2) is 96.0 Å². The molecule has 0 aromatic rings. The summed E-state index contributed by atoms with van der Waals surface area (Å²) in [5.41, 5.74) is 0. The lowest BCUT2D eigenvalue weighted by molar-refractivity contribution is -0.891. The summed E-state index contributed by atoms with van der Waals surface area (Å²) in [5, 5.41) is 39.0. The summed E-state index contributed by atoms with van der Waals surface area (Å²) in [4.78, 5) is 0. The third kappa shape index (κ3) is 14.7. The summed E-state index contributed by atoms with van der Waals surface area (Å²) < 4.78 is 11.8. The molecule has 0 amide bonds. The molecule has 0 aliphatic carbocycles. The van der Waals surface area contributed by atoms with Crippen LogP contribution < -0.4 is 17.0 Å². The maximum atomic E-state index is 10.0. The first-order valence-corrected chi connectivity index (χ1v) is 13.6. The van der Waals surface area contributed by atoms with E-state index in [1.807, 2.05) is 0 Å². The third-order valence-electron chi connectivity index (χ3n) is 6.94. The maximum Gasteiger partial charge on any atom is 0.186 e. The predicted octanol–water partition coefficient (Wildman–Crippen LogP) is 0.365. The van der Waals surface area contributed by atoms with Crippen molar-refractivity contribution in [1.82, 2.24) is 0 Å². The second-order valence-corrected chi connectivity index (χ2v) is 10.5. The predicted molar refractivity (Wildman–Crippen MR) is 132 cm³/mol. The quantitative estimate of drug-likeness (QED) is 0.128. The number of hydrogen-bond donors (Lipinski definition) is 4. The molecule has 7 nitrogen and oxygen atoms in total. The molecule has 0 spiro atoms. The molecule has 1 fully saturated rings. The van der Waals surface area contributed by atoms with Gasteiger partial charge in [-0.3, -0.25) is 0 Å². The van der Waals surface area contributed by atoms with Crippen LogP contribution in [0.5, 0.6) is 0 Å². The van der Waals surface area contributed by atoms with Crippen LogP contribution in [0.2, 0.25) is 0 Å². The molecule has 1 aliphatic rings. The van der Waals surface area contributed by atoms with Gasteiger partial charge in [-0.2, -0.15) is 0 Å². The minimum atomic E-state index is -1.39. The van der Waals surface area contributed by atoms with Gasteiger partial charge in [0.25, 0.3) is 0 Å². The third-order valence-corrected chi connectivity index (χ3v) is 6.94. The Bertz CT molecular complexity index is 469. The van der Waals surface area contributed by atoms with E-state index in [1.165, 1.54) is 89.9 Å². The molecule has 0 bridgehead atoms. The van der Waals surface area contributed by atoms with E-state index in [-0.39, 0.29) is 17.0 Å². The Hall–Kier alpha value is 0.200. The fourth-order valence-electron chi connectivity index (χ4n) is 4.47. The SMILES string of the molecule is CCCCCCCCCCCCCCCC[N+](C)(C)CCOC1OC(CO)C(O)C(O)C1O.[Br-]. The number of aliphatic hydroxyl groups is 4. The van der Waals surface area contributed by atoms with Gasteiger partial charge in [-0.25, -0.2) is 0 Å². The molecular weight excluding hydrogens is 502 g/mol. The second kappa shape index (κ2) is 20.3. The molecule has 1 aliphatic heterocycles. The highest BCUT2D eigenvalue weighted by atomic mass is 79.9. The number of ether oxygens (including phenoxy) is 2. The topological polar surface area (TPSA) is 99.4 Å². The van der Waals surface area contributed by atoms with Gasteiger partial charge in [0.1, 0.15) is 31.0 Å². The molecule has 5 unspecified atom stereocenters. The van der Waals surface area contributed by atoms with Crippen molar-refractivity contribution in [3.05, 3.63) is 0 Å². The summed E-state index contributed by atoms with van der Waals surface area (Å²) in [6.07, 6.45) is 13.0. The Labute approximate surface area is 219 Å². The van der Waals surface area contributed by atoms with Crippen molar-refractivity contribution >= 4 is 0 Å². The van der Waals surface area contributed by atoms with Crippen LogP contribution in [-0.2, 0) is 9.47 Å². The van der Waals surface area contributed by atoms with Gasteiger partial charge < -0.3 is 51.4 Å². The van der Waals surface area contributed by atoms with Crippen LogP contribution in [0.15, 0.2) is 0 Å². The lowest BCUT2D eigenvalue weighted by Crippen LogP contribution is -3.00. The first-order valence-electron chi connectivity index (χ1n) is 13.6. The Morgan fingerprint density at radius 1 is 0.676 bits per heavy atom. The molecule has 5 atom stereocenters. The lowest BCUT2D eigenvalue weighted by Gasteiger charge is -2.40. The Morgan fingerprint density at radius 3 is 1.62 bits per heavy atom. The number of nitrogens with zero attached hydrogens (tertiary/aromatic N) is 1. The zero-order valence-corrected chi connectivity index (χ0v) is 23.6. The van der Waals surface area contributed by atoms with Gasteiger partial charge >= 0.3 is 0 Å². The van der Waals surface area contributed by atoms with Crippen molar-refractivity contribution in [2.45, 2.75) is 128 Å². The van der Waals surface area contributed by atoms with Gasteiger partial charge in [0.05, 0.1) is 33.9 Å². The lowest BCUT2D eigenvalue weighted by atomic mass is 9.99. The average molecular weight is 557 g/mol. The summed E-state index contributed by atoms with van der Waals surface area (Å²) in [7, 11) is 4.33. The van der Waals surface area contributed by atoms with E-state index in [0.29, 0.717) is 6.61 Å². The van der Waals surface area contributed by atoms with Gasteiger partial charge in [0.15, 0.2) is 6.29 Å². The van der Waals surface area contributed by atoms with Crippen molar-refractivity contribution in [2.75, 3.05) is 40.4 Å². The minimum absolute atomic E-state index is 0. The van der Waals surface area contributed by atoms with Gasteiger partial charge in [-0.1, -0.05) is 84.0 Å². The molecule has 1 saturated heterocycles. The summed E-state index contributed by atoms with van der Waals surface area (Å²) >= 11 is 0. The molecule has 1 rings (SSSR count). The molecule has 0 aromatic heterocycles. The fourth-order valence-corrected chi connectivity index (χ4v) is 4.47. The van der Waals surface area contributed by atoms with Crippen LogP contribution >= 0.6 is 0 Å². The molecule has 1 heterocycles. The fraction of sp³-hybridized carbons (Fsp3) is 1.00. The van der Waals surface area contributed by atoms with Gasteiger partial charge in [0.2, 0.25) is 0 Å². The molecule has 4 N–H and O–H groups in total. The molecule has 0 saturated carbocycles. The summed E-state index contributed by atoms with van der Waals surface area (Å²) in [6.45, 7) is 4.02. The largest absolute Gasteiger partial charge is 1.00 e. The average Bonchev–Trinajstić information content (AvgIpc) is 2.79. The Balaban J connectivity index is 0.0000109. The van der Waals surface area contributed by atoms with E-state index in [2.05, 4.69) is 21.0 Å². The van der Waals surface area contributed by atoms with E-state index in [1.54, 1.807) is 0 Å². The van der Waals surface area contributed by atoms with E-state index in [9.17, 15) is 20.4 Å². The highest BCUT2D eigenvalue weighted by Crippen LogP contribution is 2.22. The van der Waals surface area contributed by atoms with E-state index < -0.39 is 37.3 Å². The van der Waals surface area contributed by atoms with Gasteiger partial charge in [0, 0.05) is 0 Å². The van der Waals surface area contributed by atoms with Crippen molar-refractivity contribution in [3.63, 3.8) is 0 Å². The van der Waals surface area contributed by atoms with Gasteiger partial charge in [-0.05, 0) is 12.8 Å². The smallest absolute Gasteiger partial charge is 0.186 e. The van der Waals surface area contributed by atoms with Crippen LogP contribution in [0, 0.1) is 0 Å². The van der Waals surface area contributed by atoms with Crippen LogP contribution in [0.3, 0.4) is 0 Å². The van der Waals surface area contributed by atoms with Gasteiger partial charge in [-0.15, -0.1) is 0 Å². The van der Waals surface area contributed by atoms with E-state index in [0.717, 1.165) is 17.6 Å². The highest BCUT2D eigenvalue weighted by Gasteiger charge is 2.44. The van der Waals surface area contributed by atoms with Crippen molar-refractivity contribution in [1.29, 1.82) is 0 Å². The maximum absolute atomic E-state index is 10.0. The number of unbranched alkanes of at least 4 members (excludes halogenated alkanes) is 13. The molecule has 8 heteroatoms. The number of rotatable bonds is 20. The number of aliphatic hydroxyl groups excluding tert-OH is 4. The van der Waals surface area contributed by atoms with Crippen molar-refractivity contribution < 1.29 is 51.4 Å². The van der Waals surface area contributed by atoms with Crippen LogP contribution in [0.1, 0.15) is 96.8 Å². The monoisotopic (exact) mass is 555 g/mol. The van der Waals surface area contributed by atoms with Crippen molar-refractivity contribution in [2.24, 2.45) is 0 Å². The zero-order valence-electron chi connectivity index (χ0n) is 22.0. The van der Waals surface area contributed by atoms with Crippen LogP contribution in [0.25, 0.3) is 0 Å². The Kier molecular flexibility index (Phi) is 20.4. The van der Waals surface area contributed by atoms with Crippen LogP contribution in [0.4, 0.5) is 0 Å². The van der Waals surface area contributed by atoms with E-state index in [4.69, 9.17) is 9.47 Å². The first kappa shape index (κ1) is 34.2. The number of likely N-dealkylation sites (N-methyl/N-ethyl adjacent to an activating group) is 1.